The summed E-state index contributed by atoms with van der Waals surface area (Å²) in [5.74, 6) is -1.44. The van der Waals surface area contributed by atoms with Crippen LogP contribution in [-0.4, -0.2) is 63.2 Å². The van der Waals surface area contributed by atoms with Crippen LogP contribution in [0, 0.1) is 28.6 Å². The van der Waals surface area contributed by atoms with Crippen molar-refractivity contribution in [3.05, 3.63) is 11.6 Å². The number of aliphatic hydroxyl groups excluding tert-OH is 2. The van der Waals surface area contributed by atoms with E-state index < -0.39 is 34.6 Å². The zero-order valence-corrected chi connectivity index (χ0v) is 17.5. The van der Waals surface area contributed by atoms with Crippen LogP contribution in [0.2, 0.25) is 0 Å². The normalized spacial score (nSPS) is 58.9. The molecule has 0 radical (unpaired) electrons. The molecule has 0 unspecified atom stereocenters. The van der Waals surface area contributed by atoms with Gasteiger partial charge >= 0.3 is 5.97 Å². The number of cyclic esters (lactones) is 1. The summed E-state index contributed by atoms with van der Waals surface area (Å²) < 4.78 is 11.4. The second kappa shape index (κ2) is 5.55. The molecule has 30 heavy (non-hydrogen) atoms. The molecule has 0 bridgehead atoms. The van der Waals surface area contributed by atoms with Crippen molar-refractivity contribution < 1.29 is 34.4 Å². The molecule has 6 aliphatic rings. The Hall–Kier alpha value is -1.28. The molecule has 7 nitrogen and oxygen atoms in total. The van der Waals surface area contributed by atoms with Crippen molar-refractivity contribution in [2.45, 2.75) is 81.9 Å². The van der Waals surface area contributed by atoms with Gasteiger partial charge in [0.25, 0.3) is 0 Å². The lowest BCUT2D eigenvalue weighted by molar-refractivity contribution is -0.226. The number of carbonyl (C=O) groups excluding carboxylic acids is 2. The van der Waals surface area contributed by atoms with E-state index in [1.165, 1.54) is 6.08 Å². The van der Waals surface area contributed by atoms with Crippen LogP contribution in [0.1, 0.15) is 52.4 Å². The molecule has 2 heterocycles. The SMILES string of the molecule is C[C@]12CC[C@H](O)C[C@H]1C[C@@H]1O[C@]13[C@H]2[C@H](O)C(=O)[C@]1(C)[C@@H](C2=CC(=O)OC2)CC[C@]31O. The van der Waals surface area contributed by atoms with Crippen LogP contribution < -0.4 is 0 Å². The Morgan fingerprint density at radius 1 is 1.10 bits per heavy atom. The van der Waals surface area contributed by atoms with Gasteiger partial charge in [0.05, 0.1) is 17.6 Å². The molecule has 3 N–H and O–H groups in total. The van der Waals surface area contributed by atoms with E-state index in [9.17, 15) is 24.9 Å². The number of Topliss-reactive ketones (excluding diaryl/α,β-unsaturated/α-hetero) is 1. The Morgan fingerprint density at radius 3 is 2.57 bits per heavy atom. The molecule has 4 aliphatic carbocycles. The van der Waals surface area contributed by atoms with Gasteiger partial charge in [-0.05, 0) is 68.3 Å². The zero-order chi connectivity index (χ0) is 21.3. The van der Waals surface area contributed by atoms with Crippen LogP contribution in [0.25, 0.3) is 0 Å². The predicted molar refractivity (Wildman–Crippen MR) is 103 cm³/mol. The molecule has 7 heteroatoms. The van der Waals surface area contributed by atoms with Crippen molar-refractivity contribution in [2.75, 3.05) is 6.61 Å². The molecule has 2 aliphatic heterocycles. The fourth-order valence-electron chi connectivity index (χ4n) is 8.61. The number of ketones is 1. The standard InChI is InChI=1S/C23H30O7/c1-20-5-3-13(24)8-12(20)9-15-23(30-15)18(20)17(26)19(27)21(2)14(4-6-22(21,23)28)11-7-16(25)29-10-11/h7,12-15,17-18,24,26,28H,3-6,8-10H2,1-2H3/t12-,13-,14+,15-,17-,18-,20-,21-,22+,23-/m0/s1. The van der Waals surface area contributed by atoms with Crippen molar-refractivity contribution >= 4 is 11.8 Å². The van der Waals surface area contributed by atoms with Gasteiger partial charge in [0.1, 0.15) is 23.9 Å². The highest BCUT2D eigenvalue weighted by Gasteiger charge is 2.88. The number of hydrogen-bond donors (Lipinski definition) is 3. The number of aliphatic hydroxyl groups is 3. The molecule has 0 amide bonds. The first-order valence-corrected chi connectivity index (χ1v) is 11.3. The van der Waals surface area contributed by atoms with Crippen LogP contribution in [0.4, 0.5) is 0 Å². The third-order valence-corrected chi connectivity index (χ3v) is 10.2. The average molecular weight is 418 g/mol. The highest BCUT2D eigenvalue weighted by molar-refractivity contribution is 5.94. The van der Waals surface area contributed by atoms with E-state index in [2.05, 4.69) is 6.92 Å². The van der Waals surface area contributed by atoms with Crippen molar-refractivity contribution in [2.24, 2.45) is 28.6 Å². The van der Waals surface area contributed by atoms with Gasteiger partial charge in [-0.3, -0.25) is 4.79 Å². The zero-order valence-electron chi connectivity index (χ0n) is 17.5. The van der Waals surface area contributed by atoms with Crippen LogP contribution in [0.15, 0.2) is 11.6 Å². The Labute approximate surface area is 175 Å². The largest absolute Gasteiger partial charge is 0.458 e. The molecule has 1 saturated heterocycles. The van der Waals surface area contributed by atoms with Gasteiger partial charge < -0.3 is 24.8 Å². The Kier molecular flexibility index (Phi) is 3.59. The summed E-state index contributed by atoms with van der Waals surface area (Å²) in [6, 6.07) is 0. The van der Waals surface area contributed by atoms with Gasteiger partial charge in [-0.25, -0.2) is 4.79 Å². The summed E-state index contributed by atoms with van der Waals surface area (Å²) in [6.07, 6.45) is 3.30. The predicted octanol–water partition coefficient (Wildman–Crippen LogP) is 0.885. The van der Waals surface area contributed by atoms with Gasteiger partial charge in [0.2, 0.25) is 0 Å². The smallest absolute Gasteiger partial charge is 0.331 e. The first-order chi connectivity index (χ1) is 14.1. The molecule has 164 valence electrons. The lowest BCUT2D eigenvalue weighted by Gasteiger charge is -2.62. The Balaban J connectivity index is 1.47. The second-order valence-corrected chi connectivity index (χ2v) is 11.0. The summed E-state index contributed by atoms with van der Waals surface area (Å²) in [5, 5.41) is 33.9. The van der Waals surface area contributed by atoms with Gasteiger partial charge in [-0.15, -0.1) is 0 Å². The lowest BCUT2D eigenvalue weighted by Crippen LogP contribution is -2.75. The highest BCUT2D eigenvalue weighted by atomic mass is 16.6. The first-order valence-electron chi connectivity index (χ1n) is 11.3. The highest BCUT2D eigenvalue weighted by Crippen LogP contribution is 2.76. The number of fused-ring (bicyclic) bond motifs is 3. The number of carbonyl (C=O) groups is 2. The summed E-state index contributed by atoms with van der Waals surface area (Å²) in [6.45, 7) is 3.99. The minimum Gasteiger partial charge on any atom is -0.458 e. The number of epoxide rings is 1. The number of rotatable bonds is 1. The molecule has 4 saturated carbocycles. The number of ether oxygens (including phenoxy) is 2. The van der Waals surface area contributed by atoms with Gasteiger partial charge in [0, 0.05) is 12.0 Å². The van der Waals surface area contributed by atoms with E-state index in [1.54, 1.807) is 6.92 Å². The van der Waals surface area contributed by atoms with Crippen molar-refractivity contribution in [3.8, 4) is 0 Å². The first kappa shape index (κ1) is 19.4. The van der Waals surface area contributed by atoms with Gasteiger partial charge in [0.15, 0.2) is 5.78 Å². The maximum atomic E-state index is 13.8. The van der Waals surface area contributed by atoms with Crippen molar-refractivity contribution in [1.82, 2.24) is 0 Å². The molecule has 0 aromatic rings. The minimum absolute atomic E-state index is 0.136. The van der Waals surface area contributed by atoms with Crippen molar-refractivity contribution in [3.63, 3.8) is 0 Å². The molecule has 0 aromatic carbocycles. The topological polar surface area (TPSA) is 117 Å². The Morgan fingerprint density at radius 2 is 1.87 bits per heavy atom. The third kappa shape index (κ3) is 1.89. The summed E-state index contributed by atoms with van der Waals surface area (Å²) >= 11 is 0. The van der Waals surface area contributed by atoms with Gasteiger partial charge in [-0.1, -0.05) is 6.92 Å². The molecular formula is C23H30O7. The van der Waals surface area contributed by atoms with Crippen molar-refractivity contribution in [1.29, 1.82) is 0 Å². The van der Waals surface area contributed by atoms with Gasteiger partial charge in [-0.2, -0.15) is 0 Å². The van der Waals surface area contributed by atoms with E-state index in [0.29, 0.717) is 32.1 Å². The molecular weight excluding hydrogens is 388 g/mol. The molecule has 6 rings (SSSR count). The van der Waals surface area contributed by atoms with E-state index in [0.717, 1.165) is 12.0 Å². The fraction of sp³-hybridized carbons (Fsp3) is 0.826. The van der Waals surface area contributed by atoms with E-state index in [-0.39, 0.29) is 41.8 Å². The van der Waals surface area contributed by atoms with E-state index in [4.69, 9.17) is 9.47 Å². The quantitative estimate of drug-likeness (QED) is 0.428. The lowest BCUT2D eigenvalue weighted by atomic mass is 9.41. The molecule has 1 spiro atoms. The third-order valence-electron chi connectivity index (χ3n) is 10.2. The summed E-state index contributed by atoms with van der Waals surface area (Å²) in [5.41, 5.74) is -3.21. The Bertz CT molecular complexity index is 883. The summed E-state index contributed by atoms with van der Waals surface area (Å²) in [7, 11) is 0. The maximum Gasteiger partial charge on any atom is 0.331 e. The molecule has 5 fully saturated rings. The average Bonchev–Trinajstić information content (AvgIpc) is 3.14. The second-order valence-electron chi connectivity index (χ2n) is 11.0. The molecule has 10 atom stereocenters. The molecule has 0 aromatic heterocycles. The van der Waals surface area contributed by atoms with Crippen LogP contribution in [0.5, 0.6) is 0 Å². The van der Waals surface area contributed by atoms with E-state index in [1.807, 2.05) is 0 Å². The minimum atomic E-state index is -1.40. The monoisotopic (exact) mass is 418 g/mol. The number of esters is 1. The fourth-order valence-corrected chi connectivity index (χ4v) is 8.61. The maximum absolute atomic E-state index is 13.8. The van der Waals surface area contributed by atoms with Crippen LogP contribution >= 0.6 is 0 Å². The van der Waals surface area contributed by atoms with Crippen LogP contribution in [-0.2, 0) is 19.1 Å². The summed E-state index contributed by atoms with van der Waals surface area (Å²) in [4.78, 5) is 25.5. The van der Waals surface area contributed by atoms with E-state index >= 15 is 0 Å². The number of hydrogen-bond acceptors (Lipinski definition) is 7. The van der Waals surface area contributed by atoms with Crippen LogP contribution in [0.3, 0.4) is 0 Å².